The lowest BCUT2D eigenvalue weighted by molar-refractivity contribution is -0.129. The van der Waals surface area contributed by atoms with Gasteiger partial charge < -0.3 is 22.1 Å². The van der Waals surface area contributed by atoms with Crippen LogP contribution in [0.3, 0.4) is 0 Å². The zero-order valence-electron chi connectivity index (χ0n) is 18.3. The Bertz CT molecular complexity index is 847. The minimum Gasteiger partial charge on any atom is -0.354 e. The lowest BCUT2D eigenvalue weighted by atomic mass is 9.92. The van der Waals surface area contributed by atoms with Crippen LogP contribution in [0.15, 0.2) is 36.5 Å². The van der Waals surface area contributed by atoms with E-state index in [4.69, 9.17) is 11.5 Å². The quantitative estimate of drug-likeness (QED) is 0.474. The SMILES string of the molecule is CC(C)(C)CCNC(=O)[C@H](Cc1cnc2ccccc2c1)NC(=O)[C@H](N)CCCN. The molecule has 1 aromatic carbocycles. The number of pyridine rings is 1. The number of aromatic nitrogens is 1. The molecular weight excluding hydrogens is 378 g/mol. The summed E-state index contributed by atoms with van der Waals surface area (Å²) in [5.41, 5.74) is 13.3. The molecule has 7 heteroatoms. The second kappa shape index (κ2) is 11.0. The van der Waals surface area contributed by atoms with E-state index >= 15 is 0 Å². The van der Waals surface area contributed by atoms with E-state index in [0.29, 0.717) is 32.4 Å². The molecule has 2 aromatic rings. The molecule has 30 heavy (non-hydrogen) atoms. The molecule has 1 heterocycles. The Labute approximate surface area is 179 Å². The second-order valence-electron chi connectivity index (χ2n) is 8.94. The van der Waals surface area contributed by atoms with Crippen molar-refractivity contribution in [1.29, 1.82) is 0 Å². The number of benzene rings is 1. The maximum atomic E-state index is 12.9. The third kappa shape index (κ3) is 7.72. The van der Waals surface area contributed by atoms with E-state index in [-0.39, 0.29) is 17.2 Å². The highest BCUT2D eigenvalue weighted by Gasteiger charge is 2.24. The van der Waals surface area contributed by atoms with Gasteiger partial charge in [-0.25, -0.2) is 0 Å². The van der Waals surface area contributed by atoms with Gasteiger partial charge in [-0.15, -0.1) is 0 Å². The maximum absolute atomic E-state index is 12.9. The van der Waals surface area contributed by atoms with Crippen LogP contribution in [0.2, 0.25) is 0 Å². The van der Waals surface area contributed by atoms with Crippen LogP contribution in [0, 0.1) is 5.41 Å². The highest BCUT2D eigenvalue weighted by molar-refractivity contribution is 5.90. The number of carbonyl (C=O) groups is 2. The zero-order valence-corrected chi connectivity index (χ0v) is 18.3. The minimum atomic E-state index is -0.718. The van der Waals surface area contributed by atoms with Gasteiger partial charge in [0.25, 0.3) is 0 Å². The van der Waals surface area contributed by atoms with E-state index < -0.39 is 12.1 Å². The number of nitrogens with two attached hydrogens (primary N) is 2. The van der Waals surface area contributed by atoms with Crippen molar-refractivity contribution in [2.45, 2.75) is 58.5 Å². The molecule has 6 N–H and O–H groups in total. The van der Waals surface area contributed by atoms with Crippen molar-refractivity contribution in [3.05, 3.63) is 42.1 Å². The Balaban J connectivity index is 2.12. The molecule has 2 atom stereocenters. The van der Waals surface area contributed by atoms with Gasteiger partial charge in [-0.05, 0) is 48.9 Å². The fraction of sp³-hybridized carbons (Fsp3) is 0.522. The molecule has 0 spiro atoms. The predicted molar refractivity (Wildman–Crippen MR) is 121 cm³/mol. The Morgan fingerprint density at radius 3 is 2.60 bits per heavy atom. The van der Waals surface area contributed by atoms with Crippen LogP contribution in [0.5, 0.6) is 0 Å². The van der Waals surface area contributed by atoms with Crippen molar-refractivity contribution >= 4 is 22.7 Å². The van der Waals surface area contributed by atoms with Crippen LogP contribution in [-0.2, 0) is 16.0 Å². The van der Waals surface area contributed by atoms with Gasteiger partial charge in [-0.3, -0.25) is 14.6 Å². The van der Waals surface area contributed by atoms with Crippen LogP contribution >= 0.6 is 0 Å². The first kappa shape index (κ1) is 23.8. The Hall–Kier alpha value is -2.51. The normalized spacial score (nSPS) is 13.6. The fourth-order valence-electron chi connectivity index (χ4n) is 3.10. The molecule has 164 valence electrons. The van der Waals surface area contributed by atoms with Crippen LogP contribution in [0.4, 0.5) is 0 Å². The molecule has 2 amide bonds. The number of carbonyl (C=O) groups excluding carboxylic acids is 2. The first-order valence-corrected chi connectivity index (χ1v) is 10.6. The molecule has 0 radical (unpaired) electrons. The van der Waals surface area contributed by atoms with Gasteiger partial charge >= 0.3 is 0 Å². The molecule has 0 saturated heterocycles. The number of rotatable bonds is 10. The van der Waals surface area contributed by atoms with Gasteiger partial charge in [-0.1, -0.05) is 39.0 Å². The largest absolute Gasteiger partial charge is 0.354 e. The first-order valence-electron chi connectivity index (χ1n) is 10.6. The number of hydrogen-bond acceptors (Lipinski definition) is 5. The number of amides is 2. The van der Waals surface area contributed by atoms with E-state index in [1.165, 1.54) is 0 Å². The molecular formula is C23H35N5O2. The van der Waals surface area contributed by atoms with Crippen molar-refractivity contribution < 1.29 is 9.59 Å². The maximum Gasteiger partial charge on any atom is 0.242 e. The van der Waals surface area contributed by atoms with Crippen molar-refractivity contribution in [2.75, 3.05) is 13.1 Å². The second-order valence-corrected chi connectivity index (χ2v) is 8.94. The van der Waals surface area contributed by atoms with E-state index in [0.717, 1.165) is 22.9 Å². The number of para-hydroxylation sites is 1. The van der Waals surface area contributed by atoms with E-state index in [1.54, 1.807) is 6.20 Å². The fourth-order valence-corrected chi connectivity index (χ4v) is 3.10. The predicted octanol–water partition coefficient (Wildman–Crippen LogP) is 1.88. The molecule has 0 aliphatic rings. The molecule has 7 nitrogen and oxygen atoms in total. The molecule has 0 aliphatic heterocycles. The van der Waals surface area contributed by atoms with E-state index in [2.05, 4.69) is 36.4 Å². The number of hydrogen-bond donors (Lipinski definition) is 4. The third-order valence-corrected chi connectivity index (χ3v) is 4.95. The van der Waals surface area contributed by atoms with Gasteiger partial charge in [-0.2, -0.15) is 0 Å². The summed E-state index contributed by atoms with van der Waals surface area (Å²) >= 11 is 0. The van der Waals surface area contributed by atoms with Crippen molar-refractivity contribution in [3.63, 3.8) is 0 Å². The van der Waals surface area contributed by atoms with Crippen molar-refractivity contribution in [2.24, 2.45) is 16.9 Å². The van der Waals surface area contributed by atoms with Crippen molar-refractivity contribution in [1.82, 2.24) is 15.6 Å². The summed E-state index contributed by atoms with van der Waals surface area (Å²) in [4.78, 5) is 29.8. The highest BCUT2D eigenvalue weighted by atomic mass is 16.2. The molecule has 0 aliphatic carbocycles. The monoisotopic (exact) mass is 413 g/mol. The average molecular weight is 414 g/mol. The Kier molecular flexibility index (Phi) is 8.74. The van der Waals surface area contributed by atoms with Crippen LogP contribution < -0.4 is 22.1 Å². The first-order chi connectivity index (χ1) is 14.2. The molecule has 0 saturated carbocycles. The minimum absolute atomic E-state index is 0.110. The summed E-state index contributed by atoms with van der Waals surface area (Å²) in [5, 5.41) is 6.77. The lowest BCUT2D eigenvalue weighted by Crippen LogP contribution is -2.52. The lowest BCUT2D eigenvalue weighted by Gasteiger charge is -2.23. The molecule has 0 bridgehead atoms. The molecule has 0 unspecified atom stereocenters. The Morgan fingerprint density at radius 2 is 1.90 bits per heavy atom. The van der Waals surface area contributed by atoms with Gasteiger partial charge in [0.15, 0.2) is 0 Å². The van der Waals surface area contributed by atoms with Gasteiger partial charge in [0.2, 0.25) is 11.8 Å². The smallest absolute Gasteiger partial charge is 0.242 e. The van der Waals surface area contributed by atoms with Crippen LogP contribution in [0.1, 0.15) is 45.6 Å². The number of nitrogens with one attached hydrogen (secondary N) is 2. The van der Waals surface area contributed by atoms with Gasteiger partial charge in [0, 0.05) is 24.5 Å². The summed E-state index contributed by atoms with van der Waals surface area (Å²) in [6.45, 7) is 7.38. The van der Waals surface area contributed by atoms with Gasteiger partial charge in [0.05, 0.1) is 11.6 Å². The molecule has 0 fully saturated rings. The number of fused-ring (bicyclic) bond motifs is 1. The molecule has 1 aromatic heterocycles. The van der Waals surface area contributed by atoms with Gasteiger partial charge in [0.1, 0.15) is 6.04 Å². The summed E-state index contributed by atoms with van der Waals surface area (Å²) in [7, 11) is 0. The molecule has 2 rings (SSSR count). The Morgan fingerprint density at radius 1 is 1.17 bits per heavy atom. The third-order valence-electron chi connectivity index (χ3n) is 4.95. The summed E-state index contributed by atoms with van der Waals surface area (Å²) in [6.07, 6.45) is 4.07. The number of nitrogens with zero attached hydrogens (tertiary/aromatic N) is 1. The summed E-state index contributed by atoms with van der Waals surface area (Å²) in [5.74, 6) is -0.556. The van der Waals surface area contributed by atoms with Crippen LogP contribution in [0.25, 0.3) is 10.9 Å². The highest BCUT2D eigenvalue weighted by Crippen LogP contribution is 2.17. The standard InChI is InChI=1S/C23H35N5O2/c1-23(2,3)10-12-26-22(30)20(28-21(29)18(25)8-6-11-24)14-16-13-17-7-4-5-9-19(17)27-15-16/h4-5,7,9,13,15,18,20H,6,8,10-12,14,24-25H2,1-3H3,(H,26,30)(H,28,29)/t18-,20+/m1/s1. The van der Waals surface area contributed by atoms with Crippen LogP contribution in [-0.4, -0.2) is 42.0 Å². The van der Waals surface area contributed by atoms with E-state index in [9.17, 15) is 9.59 Å². The van der Waals surface area contributed by atoms with E-state index in [1.807, 2.05) is 30.3 Å². The summed E-state index contributed by atoms with van der Waals surface area (Å²) in [6, 6.07) is 8.39. The van der Waals surface area contributed by atoms with Crippen molar-refractivity contribution in [3.8, 4) is 0 Å². The topological polar surface area (TPSA) is 123 Å². The zero-order chi connectivity index (χ0) is 22.1. The average Bonchev–Trinajstić information content (AvgIpc) is 2.70. The summed E-state index contributed by atoms with van der Waals surface area (Å²) < 4.78 is 0.